The Balaban J connectivity index is 2.30. The van der Waals surface area contributed by atoms with Gasteiger partial charge in [0, 0.05) is 19.9 Å². The lowest BCUT2D eigenvalue weighted by molar-refractivity contribution is 0.183. The summed E-state index contributed by atoms with van der Waals surface area (Å²) in [5.41, 5.74) is 0.690. The average molecular weight is 240 g/mol. The molecule has 2 N–H and O–H groups in total. The Morgan fingerprint density at radius 3 is 3.12 bits per heavy atom. The topological polar surface area (TPSA) is 68.2 Å². The zero-order valence-electron chi connectivity index (χ0n) is 10.4. The van der Waals surface area contributed by atoms with E-state index in [2.05, 4.69) is 22.7 Å². The fraction of sp³-hybridized carbons (Fsp3) is 0.636. The Bertz CT molecular complexity index is 338. The van der Waals surface area contributed by atoms with E-state index < -0.39 is 0 Å². The Morgan fingerprint density at radius 1 is 1.59 bits per heavy atom. The van der Waals surface area contributed by atoms with E-state index in [0.29, 0.717) is 25.4 Å². The van der Waals surface area contributed by atoms with E-state index in [1.165, 1.54) is 0 Å². The second kappa shape index (κ2) is 7.67. The molecular weight excluding hydrogens is 220 g/mol. The van der Waals surface area contributed by atoms with Crippen molar-refractivity contribution in [1.29, 1.82) is 0 Å². The van der Waals surface area contributed by atoms with Crippen molar-refractivity contribution in [1.82, 2.24) is 15.1 Å². The molecule has 0 radical (unpaired) electrons. The fourth-order valence-corrected chi connectivity index (χ4v) is 1.29. The zero-order valence-corrected chi connectivity index (χ0v) is 10.4. The van der Waals surface area contributed by atoms with E-state index in [-0.39, 0.29) is 6.03 Å². The molecule has 1 aromatic rings. The van der Waals surface area contributed by atoms with Crippen LogP contribution in [0.2, 0.25) is 0 Å². The molecular formula is C11H20N4O2. The summed E-state index contributed by atoms with van der Waals surface area (Å²) >= 11 is 0. The minimum absolute atomic E-state index is 0.190. The lowest BCUT2D eigenvalue weighted by atomic mass is 10.3. The summed E-state index contributed by atoms with van der Waals surface area (Å²) in [6.07, 6.45) is 5.45. The molecule has 0 saturated heterocycles. The Morgan fingerprint density at radius 2 is 2.41 bits per heavy atom. The maximum Gasteiger partial charge on any atom is 0.319 e. The van der Waals surface area contributed by atoms with Crippen LogP contribution in [-0.4, -0.2) is 36.1 Å². The van der Waals surface area contributed by atoms with Crippen LogP contribution in [0.1, 0.15) is 19.8 Å². The van der Waals surface area contributed by atoms with Crippen LogP contribution < -0.4 is 10.6 Å². The molecule has 6 heteroatoms. The van der Waals surface area contributed by atoms with Crippen LogP contribution in [-0.2, 0) is 11.3 Å². The van der Waals surface area contributed by atoms with E-state index in [9.17, 15) is 4.79 Å². The predicted molar refractivity (Wildman–Crippen MR) is 66.0 cm³/mol. The van der Waals surface area contributed by atoms with Gasteiger partial charge in [-0.25, -0.2) is 4.79 Å². The molecule has 0 fully saturated rings. The normalized spacial score (nSPS) is 10.2. The largest absolute Gasteiger partial charge is 0.383 e. The van der Waals surface area contributed by atoms with Crippen LogP contribution in [0.4, 0.5) is 10.5 Å². The van der Waals surface area contributed by atoms with Gasteiger partial charge >= 0.3 is 6.03 Å². The highest BCUT2D eigenvalue weighted by Crippen LogP contribution is 2.04. The van der Waals surface area contributed by atoms with Gasteiger partial charge in [0.05, 0.1) is 25.0 Å². The maximum absolute atomic E-state index is 11.4. The number of anilines is 1. The van der Waals surface area contributed by atoms with Crippen molar-refractivity contribution in [2.24, 2.45) is 0 Å². The van der Waals surface area contributed by atoms with Crippen LogP contribution in [0.25, 0.3) is 0 Å². The third-order valence-corrected chi connectivity index (χ3v) is 2.23. The van der Waals surface area contributed by atoms with E-state index in [0.717, 1.165) is 12.8 Å². The van der Waals surface area contributed by atoms with E-state index in [1.807, 2.05) is 0 Å². The first-order valence-corrected chi connectivity index (χ1v) is 5.82. The number of aromatic nitrogens is 2. The smallest absolute Gasteiger partial charge is 0.319 e. The zero-order chi connectivity index (χ0) is 12.5. The minimum atomic E-state index is -0.190. The van der Waals surface area contributed by atoms with Crippen molar-refractivity contribution >= 4 is 11.7 Å². The van der Waals surface area contributed by atoms with Crippen molar-refractivity contribution in [3.63, 3.8) is 0 Å². The third-order valence-electron chi connectivity index (χ3n) is 2.23. The number of urea groups is 1. The van der Waals surface area contributed by atoms with Crippen molar-refractivity contribution < 1.29 is 9.53 Å². The number of nitrogens with zero attached hydrogens (tertiary/aromatic N) is 2. The van der Waals surface area contributed by atoms with Gasteiger partial charge in [0.25, 0.3) is 0 Å². The van der Waals surface area contributed by atoms with Gasteiger partial charge in [0.15, 0.2) is 0 Å². The summed E-state index contributed by atoms with van der Waals surface area (Å²) in [5, 5.41) is 9.59. The second-order valence-corrected chi connectivity index (χ2v) is 3.72. The maximum atomic E-state index is 11.4. The molecule has 17 heavy (non-hydrogen) atoms. The number of nitrogens with one attached hydrogen (secondary N) is 2. The molecule has 0 spiro atoms. The summed E-state index contributed by atoms with van der Waals surface area (Å²) in [7, 11) is 1.64. The molecule has 0 saturated carbocycles. The quantitative estimate of drug-likeness (QED) is 0.709. The Hall–Kier alpha value is -1.56. The van der Waals surface area contributed by atoms with E-state index in [4.69, 9.17) is 4.74 Å². The Kier molecular flexibility index (Phi) is 6.09. The van der Waals surface area contributed by atoms with E-state index in [1.54, 1.807) is 24.2 Å². The molecule has 0 unspecified atom stereocenters. The van der Waals surface area contributed by atoms with Crippen LogP contribution in [0.3, 0.4) is 0 Å². The van der Waals surface area contributed by atoms with Gasteiger partial charge < -0.3 is 15.4 Å². The van der Waals surface area contributed by atoms with Gasteiger partial charge in [-0.15, -0.1) is 0 Å². The van der Waals surface area contributed by atoms with Crippen molar-refractivity contribution in [3.05, 3.63) is 12.4 Å². The van der Waals surface area contributed by atoms with Crippen LogP contribution >= 0.6 is 0 Å². The summed E-state index contributed by atoms with van der Waals surface area (Å²) < 4.78 is 6.67. The molecule has 0 bridgehead atoms. The number of carbonyl (C=O) groups excluding carboxylic acids is 1. The molecule has 1 heterocycles. The number of ether oxygens (including phenoxy) is 1. The standard InChI is InChI=1S/C11H20N4O2/c1-3-4-5-12-11(16)14-10-8-13-15(9-10)6-7-17-2/h8-9H,3-7H2,1-2H3,(H2,12,14,16). The number of amides is 2. The number of hydrogen-bond acceptors (Lipinski definition) is 3. The van der Waals surface area contributed by atoms with E-state index >= 15 is 0 Å². The lowest BCUT2D eigenvalue weighted by Gasteiger charge is -2.04. The third kappa shape index (κ3) is 5.35. The molecule has 6 nitrogen and oxygen atoms in total. The number of methoxy groups -OCH3 is 1. The highest BCUT2D eigenvalue weighted by atomic mass is 16.5. The number of unbranched alkanes of at least 4 members (excludes halogenated alkanes) is 1. The Labute approximate surface area is 101 Å². The van der Waals surface area contributed by atoms with Crippen LogP contribution in [0.15, 0.2) is 12.4 Å². The molecule has 0 aliphatic heterocycles. The van der Waals surface area contributed by atoms with Crippen molar-refractivity contribution in [3.8, 4) is 0 Å². The molecule has 0 aliphatic carbocycles. The number of rotatable bonds is 7. The highest BCUT2D eigenvalue weighted by molar-refractivity contribution is 5.88. The minimum Gasteiger partial charge on any atom is -0.383 e. The molecule has 0 aromatic carbocycles. The first kappa shape index (κ1) is 13.5. The fourth-order valence-electron chi connectivity index (χ4n) is 1.29. The van der Waals surface area contributed by atoms with Gasteiger partial charge in [0.2, 0.25) is 0 Å². The SMILES string of the molecule is CCCCNC(=O)Nc1cnn(CCOC)c1. The second-order valence-electron chi connectivity index (χ2n) is 3.72. The number of carbonyl (C=O) groups is 1. The van der Waals surface area contributed by atoms with Crippen LogP contribution in [0.5, 0.6) is 0 Å². The molecule has 0 atom stereocenters. The lowest BCUT2D eigenvalue weighted by Crippen LogP contribution is -2.29. The van der Waals surface area contributed by atoms with Crippen molar-refractivity contribution in [2.75, 3.05) is 25.6 Å². The molecule has 96 valence electrons. The van der Waals surface area contributed by atoms with Crippen molar-refractivity contribution in [2.45, 2.75) is 26.3 Å². The first-order chi connectivity index (χ1) is 8.26. The summed E-state index contributed by atoms with van der Waals surface area (Å²) in [5.74, 6) is 0. The predicted octanol–water partition coefficient (Wildman–Crippen LogP) is 1.45. The first-order valence-electron chi connectivity index (χ1n) is 5.82. The van der Waals surface area contributed by atoms with Gasteiger partial charge in [-0.3, -0.25) is 4.68 Å². The molecule has 1 aromatic heterocycles. The van der Waals surface area contributed by atoms with Gasteiger partial charge in [-0.1, -0.05) is 13.3 Å². The monoisotopic (exact) mass is 240 g/mol. The summed E-state index contributed by atoms with van der Waals surface area (Å²) in [4.78, 5) is 11.4. The van der Waals surface area contributed by atoms with Gasteiger partial charge in [-0.2, -0.15) is 5.10 Å². The number of hydrogen-bond donors (Lipinski definition) is 2. The van der Waals surface area contributed by atoms with Gasteiger partial charge in [-0.05, 0) is 6.42 Å². The summed E-state index contributed by atoms with van der Waals surface area (Å²) in [6.45, 7) is 4.05. The summed E-state index contributed by atoms with van der Waals surface area (Å²) in [6, 6.07) is -0.190. The molecule has 0 aliphatic rings. The van der Waals surface area contributed by atoms with Gasteiger partial charge in [0.1, 0.15) is 0 Å². The molecule has 2 amide bonds. The van der Waals surface area contributed by atoms with Crippen LogP contribution in [0, 0.1) is 0 Å². The molecule has 1 rings (SSSR count). The average Bonchev–Trinajstić information content (AvgIpc) is 2.74. The highest BCUT2D eigenvalue weighted by Gasteiger charge is 2.03.